The van der Waals surface area contributed by atoms with Crippen molar-refractivity contribution in [2.75, 3.05) is 0 Å². The molecular formula is C20H13NO2. The minimum atomic E-state index is -0.309. The van der Waals surface area contributed by atoms with E-state index in [1.165, 1.54) is 0 Å². The highest BCUT2D eigenvalue weighted by Gasteiger charge is 2.16. The van der Waals surface area contributed by atoms with Gasteiger partial charge in [0.2, 0.25) is 0 Å². The van der Waals surface area contributed by atoms with E-state index >= 15 is 0 Å². The number of rotatable bonds is 2. The largest absolute Gasteiger partial charge is 0.277 e. The molecule has 0 atom stereocenters. The van der Waals surface area contributed by atoms with Gasteiger partial charge in [0.05, 0.1) is 10.3 Å². The van der Waals surface area contributed by atoms with Crippen molar-refractivity contribution in [1.29, 1.82) is 0 Å². The summed E-state index contributed by atoms with van der Waals surface area (Å²) in [5.41, 5.74) is 2.06. The van der Waals surface area contributed by atoms with Crippen molar-refractivity contribution in [3.63, 3.8) is 0 Å². The minimum absolute atomic E-state index is 0.144. The predicted molar refractivity (Wildman–Crippen MR) is 93.5 cm³/mol. The van der Waals surface area contributed by atoms with E-state index in [1.807, 2.05) is 48.5 Å². The SMILES string of the molecule is O=[N+]([O-])c1cccc2cccc(-c3cccc4ccccc34)c12. The molecule has 110 valence electrons. The van der Waals surface area contributed by atoms with Crippen LogP contribution in [0.5, 0.6) is 0 Å². The van der Waals surface area contributed by atoms with Gasteiger partial charge in [0.15, 0.2) is 0 Å². The Balaban J connectivity index is 2.15. The molecule has 0 spiro atoms. The molecule has 0 heterocycles. The van der Waals surface area contributed by atoms with Crippen LogP contribution in [0.2, 0.25) is 0 Å². The maximum absolute atomic E-state index is 11.5. The van der Waals surface area contributed by atoms with Gasteiger partial charge in [0.25, 0.3) is 5.69 Å². The molecule has 0 amide bonds. The normalized spacial score (nSPS) is 11.0. The molecule has 4 aromatic rings. The molecule has 3 heteroatoms. The van der Waals surface area contributed by atoms with Crippen LogP contribution in [-0.4, -0.2) is 4.92 Å². The first-order valence-corrected chi connectivity index (χ1v) is 7.40. The highest BCUT2D eigenvalue weighted by Crippen LogP contribution is 2.37. The minimum Gasteiger partial charge on any atom is -0.258 e. The van der Waals surface area contributed by atoms with Gasteiger partial charge in [0.1, 0.15) is 0 Å². The lowest BCUT2D eigenvalue weighted by atomic mass is 9.93. The van der Waals surface area contributed by atoms with Crippen LogP contribution in [0.3, 0.4) is 0 Å². The van der Waals surface area contributed by atoms with Gasteiger partial charge < -0.3 is 0 Å². The van der Waals surface area contributed by atoms with Crippen molar-refractivity contribution in [1.82, 2.24) is 0 Å². The number of benzene rings is 4. The van der Waals surface area contributed by atoms with Crippen LogP contribution in [0.25, 0.3) is 32.7 Å². The zero-order valence-electron chi connectivity index (χ0n) is 12.3. The van der Waals surface area contributed by atoms with Crippen LogP contribution < -0.4 is 0 Å². The van der Waals surface area contributed by atoms with Crippen LogP contribution >= 0.6 is 0 Å². The predicted octanol–water partition coefficient (Wildman–Crippen LogP) is 5.57. The smallest absolute Gasteiger partial charge is 0.258 e. The van der Waals surface area contributed by atoms with Crippen molar-refractivity contribution in [2.45, 2.75) is 0 Å². The van der Waals surface area contributed by atoms with Gasteiger partial charge in [-0.2, -0.15) is 0 Å². The first kappa shape index (κ1) is 13.5. The van der Waals surface area contributed by atoms with Crippen molar-refractivity contribution in [2.24, 2.45) is 0 Å². The number of non-ortho nitro benzene ring substituents is 1. The molecule has 0 aliphatic carbocycles. The molecule has 0 aromatic heterocycles. The Morgan fingerprint density at radius 3 is 2.04 bits per heavy atom. The summed E-state index contributed by atoms with van der Waals surface area (Å²) in [6.07, 6.45) is 0. The monoisotopic (exact) mass is 299 g/mol. The quantitative estimate of drug-likeness (QED) is 0.359. The van der Waals surface area contributed by atoms with E-state index in [0.29, 0.717) is 5.39 Å². The zero-order chi connectivity index (χ0) is 15.8. The first-order valence-electron chi connectivity index (χ1n) is 7.40. The summed E-state index contributed by atoms with van der Waals surface area (Å²) in [5, 5.41) is 15.3. The maximum Gasteiger partial charge on any atom is 0.277 e. The molecule has 0 aliphatic rings. The number of fused-ring (bicyclic) bond motifs is 2. The van der Waals surface area contributed by atoms with Crippen molar-refractivity contribution < 1.29 is 4.92 Å². The van der Waals surface area contributed by atoms with E-state index in [0.717, 1.165) is 27.3 Å². The third-order valence-corrected chi connectivity index (χ3v) is 4.16. The second kappa shape index (κ2) is 5.21. The van der Waals surface area contributed by atoms with Gasteiger partial charge in [-0.1, -0.05) is 72.8 Å². The van der Waals surface area contributed by atoms with Crippen molar-refractivity contribution in [3.8, 4) is 11.1 Å². The molecule has 0 bridgehead atoms. The van der Waals surface area contributed by atoms with E-state index in [1.54, 1.807) is 12.1 Å². The third-order valence-electron chi connectivity index (χ3n) is 4.16. The number of nitro groups is 1. The van der Waals surface area contributed by atoms with Gasteiger partial charge in [0, 0.05) is 6.07 Å². The highest BCUT2D eigenvalue weighted by atomic mass is 16.6. The second-order valence-corrected chi connectivity index (χ2v) is 5.46. The van der Waals surface area contributed by atoms with Crippen molar-refractivity contribution in [3.05, 3.63) is 89.0 Å². The molecule has 0 N–H and O–H groups in total. The summed E-state index contributed by atoms with van der Waals surface area (Å²) in [6.45, 7) is 0. The second-order valence-electron chi connectivity index (χ2n) is 5.46. The van der Waals surface area contributed by atoms with Crippen LogP contribution in [0.4, 0.5) is 5.69 Å². The molecule has 4 rings (SSSR count). The Hall–Kier alpha value is -3.20. The van der Waals surface area contributed by atoms with E-state index in [4.69, 9.17) is 0 Å². The van der Waals surface area contributed by atoms with Gasteiger partial charge in [-0.05, 0) is 27.3 Å². The Labute approximate surface area is 133 Å². The molecule has 0 fully saturated rings. The van der Waals surface area contributed by atoms with Crippen LogP contribution in [0.1, 0.15) is 0 Å². The first-order chi connectivity index (χ1) is 11.3. The average molecular weight is 299 g/mol. The summed E-state index contributed by atoms with van der Waals surface area (Å²) in [5.74, 6) is 0. The lowest BCUT2D eigenvalue weighted by Crippen LogP contribution is -1.92. The molecule has 0 saturated carbocycles. The topological polar surface area (TPSA) is 43.1 Å². The van der Waals surface area contributed by atoms with Gasteiger partial charge >= 0.3 is 0 Å². The molecular weight excluding hydrogens is 286 g/mol. The summed E-state index contributed by atoms with van der Waals surface area (Å²) in [4.78, 5) is 11.2. The third kappa shape index (κ3) is 2.14. The van der Waals surface area contributed by atoms with Gasteiger partial charge in [-0.3, -0.25) is 10.1 Å². The van der Waals surface area contributed by atoms with E-state index < -0.39 is 0 Å². The number of nitrogens with zero attached hydrogens (tertiary/aromatic N) is 1. The van der Waals surface area contributed by atoms with Gasteiger partial charge in [-0.15, -0.1) is 0 Å². The highest BCUT2D eigenvalue weighted by molar-refractivity contribution is 6.08. The van der Waals surface area contributed by atoms with Gasteiger partial charge in [-0.25, -0.2) is 0 Å². The standard InChI is InChI=1S/C20H13NO2/c22-21(23)19-13-5-9-15-8-4-12-18(20(15)19)17-11-3-7-14-6-1-2-10-16(14)17/h1-13H. The molecule has 0 unspecified atom stereocenters. The van der Waals surface area contributed by atoms with Crippen LogP contribution in [-0.2, 0) is 0 Å². The molecule has 4 aromatic carbocycles. The molecule has 0 aliphatic heterocycles. The van der Waals surface area contributed by atoms with E-state index in [-0.39, 0.29) is 10.6 Å². The number of hydrogen-bond acceptors (Lipinski definition) is 2. The Morgan fingerprint density at radius 2 is 1.26 bits per heavy atom. The molecule has 0 radical (unpaired) electrons. The van der Waals surface area contributed by atoms with Crippen LogP contribution in [0, 0.1) is 10.1 Å². The Morgan fingerprint density at radius 1 is 0.652 bits per heavy atom. The molecule has 23 heavy (non-hydrogen) atoms. The Kier molecular flexibility index (Phi) is 3.05. The lowest BCUT2D eigenvalue weighted by molar-refractivity contribution is -0.383. The zero-order valence-corrected chi connectivity index (χ0v) is 12.3. The fraction of sp³-hybridized carbons (Fsp3) is 0. The summed E-state index contributed by atoms with van der Waals surface area (Å²) in [7, 11) is 0. The summed E-state index contributed by atoms with van der Waals surface area (Å²) in [6, 6.07) is 25.2. The fourth-order valence-electron chi connectivity index (χ4n) is 3.16. The molecule has 3 nitrogen and oxygen atoms in total. The average Bonchev–Trinajstić information content (AvgIpc) is 2.60. The van der Waals surface area contributed by atoms with Crippen molar-refractivity contribution >= 4 is 27.2 Å². The fourth-order valence-corrected chi connectivity index (χ4v) is 3.16. The maximum atomic E-state index is 11.5. The summed E-state index contributed by atoms with van der Waals surface area (Å²) >= 11 is 0. The number of nitro benzene ring substituents is 1. The van der Waals surface area contributed by atoms with Crippen LogP contribution in [0.15, 0.2) is 78.9 Å². The van der Waals surface area contributed by atoms with E-state index in [9.17, 15) is 10.1 Å². The summed E-state index contributed by atoms with van der Waals surface area (Å²) < 4.78 is 0. The van der Waals surface area contributed by atoms with E-state index in [2.05, 4.69) is 18.2 Å². The number of hydrogen-bond donors (Lipinski definition) is 0. The lowest BCUT2D eigenvalue weighted by Gasteiger charge is -2.10. The molecule has 0 saturated heterocycles. The Bertz CT molecular complexity index is 1040.